The highest BCUT2D eigenvalue weighted by Gasteiger charge is 2.13. The van der Waals surface area contributed by atoms with Gasteiger partial charge in [0.15, 0.2) is 0 Å². The van der Waals surface area contributed by atoms with Crippen molar-refractivity contribution in [1.29, 1.82) is 0 Å². The Hall–Kier alpha value is -1.46. The number of aliphatic hydroxyl groups excluding tert-OH is 1. The summed E-state index contributed by atoms with van der Waals surface area (Å²) in [6, 6.07) is 5.44. The van der Waals surface area contributed by atoms with Crippen molar-refractivity contribution < 1.29 is 9.90 Å². The Morgan fingerprint density at radius 3 is 3.12 bits per heavy atom. The number of nitrogens with one attached hydrogen (secondary N) is 3. The lowest BCUT2D eigenvalue weighted by Crippen LogP contribution is -2.33. The van der Waals surface area contributed by atoms with Gasteiger partial charge in [0.1, 0.15) is 0 Å². The number of hydrogen-bond acceptors (Lipinski definition) is 3. The molecule has 0 fully saturated rings. The predicted octanol–water partition coefficient (Wildman–Crippen LogP) is 1.33. The maximum atomic E-state index is 11.1. The molecule has 4 N–H and O–H groups in total. The smallest absolute Gasteiger partial charge is 0.319 e. The van der Waals surface area contributed by atoms with E-state index in [1.807, 2.05) is 18.2 Å². The third kappa shape index (κ3) is 3.01. The van der Waals surface area contributed by atoms with Gasteiger partial charge in [-0.1, -0.05) is 0 Å². The number of rotatable bonds is 4. The van der Waals surface area contributed by atoms with Gasteiger partial charge in [-0.15, -0.1) is 11.6 Å². The Kier molecular flexibility index (Phi) is 3.71. The van der Waals surface area contributed by atoms with E-state index in [-0.39, 0.29) is 11.9 Å². The van der Waals surface area contributed by atoms with Gasteiger partial charge in [0, 0.05) is 24.5 Å². The molecule has 1 heterocycles. The molecule has 0 radical (unpaired) electrons. The largest absolute Gasteiger partial charge is 0.390 e. The zero-order chi connectivity index (χ0) is 12.3. The van der Waals surface area contributed by atoms with Crippen molar-refractivity contribution in [2.75, 3.05) is 23.1 Å². The van der Waals surface area contributed by atoms with Crippen LogP contribution in [-0.2, 0) is 6.54 Å². The zero-order valence-electron chi connectivity index (χ0n) is 9.16. The number of amides is 2. The zero-order valence-corrected chi connectivity index (χ0v) is 9.92. The lowest BCUT2D eigenvalue weighted by molar-refractivity contribution is 0.211. The molecule has 1 aromatic rings. The lowest BCUT2D eigenvalue weighted by Gasteiger charge is -2.19. The van der Waals surface area contributed by atoms with Crippen LogP contribution in [0.25, 0.3) is 0 Å². The normalized spacial score (nSPS) is 15.5. The van der Waals surface area contributed by atoms with Crippen molar-refractivity contribution in [3.63, 3.8) is 0 Å². The first-order valence-electron chi connectivity index (χ1n) is 5.34. The number of anilines is 2. The van der Waals surface area contributed by atoms with E-state index in [1.165, 1.54) is 0 Å². The average Bonchev–Trinajstić information content (AvgIpc) is 2.35. The quantitative estimate of drug-likeness (QED) is 0.614. The van der Waals surface area contributed by atoms with Crippen LogP contribution >= 0.6 is 11.6 Å². The van der Waals surface area contributed by atoms with Crippen LogP contribution in [0, 0.1) is 0 Å². The molecule has 1 aromatic carbocycles. The molecule has 1 unspecified atom stereocenters. The van der Waals surface area contributed by atoms with Crippen molar-refractivity contribution in [1.82, 2.24) is 5.32 Å². The molecule has 2 amide bonds. The summed E-state index contributed by atoms with van der Waals surface area (Å²) in [4.78, 5) is 11.1. The van der Waals surface area contributed by atoms with Crippen molar-refractivity contribution in [3.05, 3.63) is 23.8 Å². The van der Waals surface area contributed by atoms with Crippen molar-refractivity contribution in [3.8, 4) is 0 Å². The Morgan fingerprint density at radius 1 is 1.53 bits per heavy atom. The fraction of sp³-hybridized carbons (Fsp3) is 0.364. The molecule has 0 aliphatic carbocycles. The van der Waals surface area contributed by atoms with E-state index in [9.17, 15) is 9.90 Å². The number of halogens is 1. The number of carbonyl (C=O) groups is 1. The van der Waals surface area contributed by atoms with Gasteiger partial charge in [-0.05, 0) is 23.8 Å². The molecule has 92 valence electrons. The van der Waals surface area contributed by atoms with E-state index >= 15 is 0 Å². The summed E-state index contributed by atoms with van der Waals surface area (Å²) < 4.78 is 0. The molecule has 0 saturated carbocycles. The van der Waals surface area contributed by atoms with E-state index < -0.39 is 6.10 Å². The van der Waals surface area contributed by atoms with Gasteiger partial charge in [-0.2, -0.15) is 0 Å². The van der Waals surface area contributed by atoms with E-state index in [0.29, 0.717) is 13.1 Å². The van der Waals surface area contributed by atoms with Crippen LogP contribution < -0.4 is 16.0 Å². The summed E-state index contributed by atoms with van der Waals surface area (Å²) in [5.74, 6) is 0.204. The monoisotopic (exact) mass is 255 g/mol. The summed E-state index contributed by atoms with van der Waals surface area (Å²) in [6.07, 6.45) is -0.564. The topological polar surface area (TPSA) is 73.4 Å². The van der Waals surface area contributed by atoms with Crippen LogP contribution in [0.15, 0.2) is 18.2 Å². The van der Waals surface area contributed by atoms with Crippen LogP contribution in [0.2, 0.25) is 0 Å². The van der Waals surface area contributed by atoms with Crippen molar-refractivity contribution in [2.24, 2.45) is 0 Å². The third-order valence-corrected chi connectivity index (χ3v) is 2.87. The Labute approximate surface area is 104 Å². The number of alkyl halides is 1. The first kappa shape index (κ1) is 12.0. The maximum Gasteiger partial charge on any atom is 0.319 e. The van der Waals surface area contributed by atoms with Gasteiger partial charge in [0.25, 0.3) is 0 Å². The molecule has 0 aromatic heterocycles. The van der Waals surface area contributed by atoms with Crippen molar-refractivity contribution >= 4 is 29.0 Å². The Balaban J connectivity index is 2.04. The minimum Gasteiger partial charge on any atom is -0.390 e. The van der Waals surface area contributed by atoms with Crippen LogP contribution in [0.3, 0.4) is 0 Å². The molecule has 17 heavy (non-hydrogen) atoms. The molecule has 0 saturated heterocycles. The SMILES string of the molecule is O=C1NCc2cc(NCC(O)CCl)ccc2N1. The molecule has 5 nitrogen and oxygen atoms in total. The van der Waals surface area contributed by atoms with Gasteiger partial charge < -0.3 is 21.1 Å². The maximum absolute atomic E-state index is 11.1. The van der Waals surface area contributed by atoms with E-state index in [2.05, 4.69) is 16.0 Å². The molecule has 2 rings (SSSR count). The van der Waals surface area contributed by atoms with Crippen LogP contribution in [0.4, 0.5) is 16.2 Å². The second-order valence-corrected chi connectivity index (χ2v) is 4.18. The average molecular weight is 256 g/mol. The van der Waals surface area contributed by atoms with Gasteiger partial charge in [-0.3, -0.25) is 0 Å². The highest BCUT2D eigenvalue weighted by molar-refractivity contribution is 6.18. The Bertz CT molecular complexity index is 425. The van der Waals surface area contributed by atoms with Gasteiger partial charge in [0.05, 0.1) is 12.0 Å². The lowest BCUT2D eigenvalue weighted by atomic mass is 10.1. The van der Waals surface area contributed by atoms with E-state index in [4.69, 9.17) is 11.6 Å². The van der Waals surface area contributed by atoms with Gasteiger partial charge in [0.2, 0.25) is 0 Å². The fourth-order valence-corrected chi connectivity index (χ4v) is 1.71. The molecule has 1 atom stereocenters. The second-order valence-electron chi connectivity index (χ2n) is 3.87. The number of aliphatic hydroxyl groups is 1. The Morgan fingerprint density at radius 2 is 2.35 bits per heavy atom. The number of urea groups is 1. The number of benzene rings is 1. The van der Waals surface area contributed by atoms with E-state index in [1.54, 1.807) is 0 Å². The van der Waals surface area contributed by atoms with Crippen LogP contribution in [0.1, 0.15) is 5.56 Å². The molecular formula is C11H14ClN3O2. The van der Waals surface area contributed by atoms with Crippen LogP contribution in [0.5, 0.6) is 0 Å². The van der Waals surface area contributed by atoms with E-state index in [0.717, 1.165) is 16.9 Å². The summed E-state index contributed by atoms with van der Waals surface area (Å²) in [7, 11) is 0. The minimum atomic E-state index is -0.564. The first-order valence-corrected chi connectivity index (χ1v) is 5.88. The standard InChI is InChI=1S/C11H14ClN3O2/c12-4-9(16)6-13-8-1-2-10-7(3-8)5-14-11(17)15-10/h1-3,9,13,16H,4-6H2,(H2,14,15,17). The summed E-state index contributed by atoms with van der Waals surface area (Å²) in [5.41, 5.74) is 2.72. The number of hydrogen-bond donors (Lipinski definition) is 4. The molecule has 0 spiro atoms. The van der Waals surface area contributed by atoms with Gasteiger partial charge in [-0.25, -0.2) is 4.79 Å². The fourth-order valence-electron chi connectivity index (χ4n) is 1.60. The first-order chi connectivity index (χ1) is 8.19. The van der Waals surface area contributed by atoms with Crippen molar-refractivity contribution in [2.45, 2.75) is 12.6 Å². The highest BCUT2D eigenvalue weighted by atomic mass is 35.5. The minimum absolute atomic E-state index is 0.184. The number of fused-ring (bicyclic) bond motifs is 1. The molecule has 1 aliphatic rings. The highest BCUT2D eigenvalue weighted by Crippen LogP contribution is 2.22. The second kappa shape index (κ2) is 5.25. The molecule has 0 bridgehead atoms. The third-order valence-electron chi connectivity index (χ3n) is 2.51. The summed E-state index contributed by atoms with van der Waals surface area (Å²) >= 11 is 5.50. The summed E-state index contributed by atoms with van der Waals surface area (Å²) in [6.45, 7) is 0.914. The molecule has 1 aliphatic heterocycles. The summed E-state index contributed by atoms with van der Waals surface area (Å²) in [5, 5.41) is 17.8. The number of carbonyl (C=O) groups excluding carboxylic acids is 1. The molecular weight excluding hydrogens is 242 g/mol. The van der Waals surface area contributed by atoms with Gasteiger partial charge >= 0.3 is 6.03 Å². The molecule has 6 heteroatoms. The predicted molar refractivity (Wildman–Crippen MR) is 67.5 cm³/mol. The van der Waals surface area contributed by atoms with Crippen LogP contribution in [-0.4, -0.2) is 29.7 Å².